The summed E-state index contributed by atoms with van der Waals surface area (Å²) in [6.07, 6.45) is 2.02. The van der Waals surface area contributed by atoms with Crippen LogP contribution in [0.1, 0.15) is 41.6 Å². The Labute approximate surface area is 145 Å². The molecule has 0 N–H and O–H groups in total. The Bertz CT molecular complexity index is 651. The molecule has 1 amide bonds. The zero-order valence-electron chi connectivity index (χ0n) is 13.0. The van der Waals surface area contributed by atoms with Crippen molar-refractivity contribution in [1.29, 1.82) is 0 Å². The second kappa shape index (κ2) is 6.33. The van der Waals surface area contributed by atoms with E-state index in [2.05, 4.69) is 0 Å². The fraction of sp³-hybridized carbons (Fsp3) is 0.529. The van der Waals surface area contributed by atoms with E-state index >= 15 is 0 Å². The molecule has 23 heavy (non-hydrogen) atoms. The summed E-state index contributed by atoms with van der Waals surface area (Å²) in [6.45, 7) is 3.10. The van der Waals surface area contributed by atoms with E-state index in [9.17, 15) is 9.59 Å². The van der Waals surface area contributed by atoms with Crippen molar-refractivity contribution >= 4 is 34.9 Å². The minimum Gasteiger partial charge on any atom is -0.486 e. The quantitative estimate of drug-likeness (QED) is 0.761. The highest BCUT2D eigenvalue weighted by Gasteiger charge is 2.44. The monoisotopic (exact) mass is 355 g/mol. The lowest BCUT2D eigenvalue weighted by molar-refractivity contribution is -0.134. The molecule has 3 rings (SSSR count). The van der Waals surface area contributed by atoms with Crippen LogP contribution in [0.25, 0.3) is 0 Å². The van der Waals surface area contributed by atoms with Gasteiger partial charge in [0.1, 0.15) is 11.4 Å². The van der Waals surface area contributed by atoms with E-state index in [1.165, 1.54) is 0 Å². The predicted octanol–water partition coefficient (Wildman–Crippen LogP) is 3.60. The number of piperidine rings is 1. The number of halogens is 2. The number of amides is 1. The van der Waals surface area contributed by atoms with Gasteiger partial charge in [0.2, 0.25) is 5.91 Å². The number of carbonyl (C=O) groups excluding carboxylic acids is 2. The van der Waals surface area contributed by atoms with Gasteiger partial charge in [-0.2, -0.15) is 0 Å². The Hall–Kier alpha value is -1.26. The average molecular weight is 356 g/mol. The Morgan fingerprint density at radius 1 is 1.35 bits per heavy atom. The molecule has 4 nitrogen and oxygen atoms in total. The van der Waals surface area contributed by atoms with E-state index in [1.807, 2.05) is 17.9 Å². The van der Waals surface area contributed by atoms with Crippen LogP contribution in [0.4, 0.5) is 0 Å². The zero-order valence-corrected chi connectivity index (χ0v) is 14.5. The Morgan fingerprint density at radius 2 is 2.04 bits per heavy atom. The van der Waals surface area contributed by atoms with Gasteiger partial charge in [0.05, 0.1) is 12.0 Å². The van der Waals surface area contributed by atoms with Gasteiger partial charge in [0.25, 0.3) is 0 Å². The van der Waals surface area contributed by atoms with Crippen LogP contribution in [0.2, 0.25) is 5.02 Å². The number of ketones is 1. The molecule has 2 aliphatic heterocycles. The third kappa shape index (κ3) is 3.20. The molecule has 2 aliphatic rings. The van der Waals surface area contributed by atoms with Gasteiger partial charge < -0.3 is 9.64 Å². The number of fused-ring (bicyclic) bond motifs is 1. The summed E-state index contributed by atoms with van der Waals surface area (Å²) < 4.78 is 6.26. The number of carbonyl (C=O) groups is 2. The standard InChI is InChI=1S/C17H19Cl2NO3/c1-11-8-12(19)9-13-14(21)10-17(23-16(11)13)3-6-20(7-4-17)15(22)2-5-18/h8-9H,2-7,10H2,1H3. The Morgan fingerprint density at radius 3 is 2.70 bits per heavy atom. The number of aryl methyl sites for hydroxylation is 1. The number of Topliss-reactive ketones (excluding diaryl/α,β-unsaturated/α-hetero) is 1. The van der Waals surface area contributed by atoms with Gasteiger partial charge >= 0.3 is 0 Å². The van der Waals surface area contributed by atoms with Gasteiger partial charge in [-0.3, -0.25) is 9.59 Å². The molecule has 0 aliphatic carbocycles. The van der Waals surface area contributed by atoms with Crippen molar-refractivity contribution in [2.45, 2.75) is 38.2 Å². The number of nitrogens with zero attached hydrogens (tertiary/aromatic N) is 1. The molecule has 0 radical (unpaired) electrons. The van der Waals surface area contributed by atoms with Gasteiger partial charge in [-0.05, 0) is 24.6 Å². The van der Waals surface area contributed by atoms with Crippen molar-refractivity contribution in [2.24, 2.45) is 0 Å². The van der Waals surface area contributed by atoms with Crippen LogP contribution in [0.3, 0.4) is 0 Å². The molecule has 0 atom stereocenters. The molecule has 0 aromatic heterocycles. The molecular weight excluding hydrogens is 337 g/mol. The highest BCUT2D eigenvalue weighted by atomic mass is 35.5. The number of hydrogen-bond donors (Lipinski definition) is 0. The van der Waals surface area contributed by atoms with E-state index in [4.69, 9.17) is 27.9 Å². The first-order valence-electron chi connectivity index (χ1n) is 7.80. The maximum absolute atomic E-state index is 12.5. The first-order valence-corrected chi connectivity index (χ1v) is 8.71. The third-order valence-corrected chi connectivity index (χ3v) is 5.08. The molecule has 1 fully saturated rings. The first-order chi connectivity index (χ1) is 10.9. The second-order valence-corrected chi connectivity index (χ2v) is 7.12. The van der Waals surface area contributed by atoms with Crippen LogP contribution in [0.5, 0.6) is 5.75 Å². The van der Waals surface area contributed by atoms with E-state index < -0.39 is 5.60 Å². The average Bonchev–Trinajstić information content (AvgIpc) is 2.50. The lowest BCUT2D eigenvalue weighted by atomic mass is 9.82. The van der Waals surface area contributed by atoms with Crippen molar-refractivity contribution in [2.75, 3.05) is 19.0 Å². The van der Waals surface area contributed by atoms with Gasteiger partial charge in [-0.1, -0.05) is 11.6 Å². The normalized spacial score (nSPS) is 19.4. The van der Waals surface area contributed by atoms with E-state index in [0.717, 1.165) is 5.56 Å². The smallest absolute Gasteiger partial charge is 0.223 e. The van der Waals surface area contributed by atoms with Crippen molar-refractivity contribution < 1.29 is 14.3 Å². The van der Waals surface area contributed by atoms with E-state index in [1.54, 1.807) is 6.07 Å². The fourth-order valence-electron chi connectivity index (χ4n) is 3.39. The van der Waals surface area contributed by atoms with Gasteiger partial charge in [-0.25, -0.2) is 0 Å². The number of benzene rings is 1. The highest BCUT2D eigenvalue weighted by molar-refractivity contribution is 6.31. The lowest BCUT2D eigenvalue weighted by Gasteiger charge is -2.44. The Kier molecular flexibility index (Phi) is 4.56. The minimum atomic E-state index is -0.500. The molecule has 6 heteroatoms. The summed E-state index contributed by atoms with van der Waals surface area (Å²) >= 11 is 11.7. The molecule has 0 unspecified atom stereocenters. The van der Waals surface area contributed by atoms with Crippen LogP contribution in [-0.2, 0) is 4.79 Å². The van der Waals surface area contributed by atoms with Crippen molar-refractivity contribution in [3.8, 4) is 5.75 Å². The zero-order chi connectivity index (χ0) is 16.6. The summed E-state index contributed by atoms with van der Waals surface area (Å²) in [4.78, 5) is 26.3. The molecule has 1 saturated heterocycles. The van der Waals surface area contributed by atoms with Crippen LogP contribution in [0.15, 0.2) is 12.1 Å². The second-order valence-electron chi connectivity index (χ2n) is 6.30. The largest absolute Gasteiger partial charge is 0.486 e. The maximum Gasteiger partial charge on any atom is 0.223 e. The molecular formula is C17H19Cl2NO3. The molecule has 0 bridgehead atoms. The summed E-state index contributed by atoms with van der Waals surface area (Å²) in [6, 6.07) is 3.49. The van der Waals surface area contributed by atoms with Crippen LogP contribution >= 0.6 is 23.2 Å². The fourth-order valence-corrected chi connectivity index (χ4v) is 3.83. The molecule has 1 aromatic rings. The van der Waals surface area contributed by atoms with Crippen molar-refractivity contribution in [1.82, 2.24) is 4.90 Å². The lowest BCUT2D eigenvalue weighted by Crippen LogP contribution is -2.52. The highest BCUT2D eigenvalue weighted by Crippen LogP contribution is 2.42. The maximum atomic E-state index is 12.5. The molecule has 0 saturated carbocycles. The predicted molar refractivity (Wildman–Crippen MR) is 89.6 cm³/mol. The third-order valence-electron chi connectivity index (χ3n) is 4.68. The number of likely N-dealkylation sites (tertiary alicyclic amines) is 1. The van der Waals surface area contributed by atoms with Gasteiger partial charge in [0, 0.05) is 43.3 Å². The molecule has 1 spiro atoms. The SMILES string of the molecule is Cc1cc(Cl)cc2c1OC1(CCN(C(=O)CCCl)CC1)CC2=O. The van der Waals surface area contributed by atoms with Crippen molar-refractivity contribution in [3.05, 3.63) is 28.3 Å². The number of hydrogen-bond acceptors (Lipinski definition) is 3. The van der Waals surface area contributed by atoms with Gasteiger partial charge in [-0.15, -0.1) is 11.6 Å². The van der Waals surface area contributed by atoms with E-state index in [-0.39, 0.29) is 11.7 Å². The molecule has 2 heterocycles. The van der Waals surface area contributed by atoms with Gasteiger partial charge in [0.15, 0.2) is 5.78 Å². The van der Waals surface area contributed by atoms with Crippen molar-refractivity contribution in [3.63, 3.8) is 0 Å². The van der Waals surface area contributed by atoms with E-state index in [0.29, 0.717) is 61.0 Å². The van der Waals surface area contributed by atoms with Crippen LogP contribution in [0, 0.1) is 6.92 Å². The van der Waals surface area contributed by atoms with Crippen LogP contribution < -0.4 is 4.74 Å². The minimum absolute atomic E-state index is 0.0670. The number of rotatable bonds is 2. The summed E-state index contributed by atoms with van der Waals surface area (Å²) in [5.74, 6) is 1.12. The number of ether oxygens (including phenoxy) is 1. The topological polar surface area (TPSA) is 46.6 Å². The number of alkyl halides is 1. The summed E-state index contributed by atoms with van der Waals surface area (Å²) in [5.41, 5.74) is 0.947. The summed E-state index contributed by atoms with van der Waals surface area (Å²) in [5, 5.41) is 0.552. The first kappa shape index (κ1) is 16.6. The molecule has 124 valence electrons. The summed E-state index contributed by atoms with van der Waals surface area (Å²) in [7, 11) is 0. The van der Waals surface area contributed by atoms with Crippen LogP contribution in [-0.4, -0.2) is 41.2 Å². The molecule has 1 aromatic carbocycles. The Balaban J connectivity index is 1.79.